The van der Waals surface area contributed by atoms with E-state index >= 15 is 0 Å². The van der Waals surface area contributed by atoms with Crippen molar-refractivity contribution in [2.24, 2.45) is 0 Å². The summed E-state index contributed by atoms with van der Waals surface area (Å²) >= 11 is 3.43. The van der Waals surface area contributed by atoms with E-state index in [9.17, 15) is 18.0 Å². The number of halogens is 1. The van der Waals surface area contributed by atoms with E-state index in [1.54, 1.807) is 19.1 Å². The third-order valence-electron chi connectivity index (χ3n) is 5.01. The van der Waals surface area contributed by atoms with Gasteiger partial charge in [0.05, 0.1) is 11.9 Å². The summed E-state index contributed by atoms with van der Waals surface area (Å²) in [6.45, 7) is 8.83. The minimum Gasteiger partial charge on any atom is -0.352 e. The molecule has 0 aliphatic heterocycles. The van der Waals surface area contributed by atoms with Crippen LogP contribution in [0.25, 0.3) is 0 Å². The molecule has 2 rings (SSSR count). The molecule has 0 unspecified atom stereocenters. The molecule has 7 nitrogen and oxygen atoms in total. The van der Waals surface area contributed by atoms with Gasteiger partial charge >= 0.3 is 0 Å². The molecule has 0 saturated heterocycles. The average Bonchev–Trinajstić information content (AvgIpc) is 2.67. The summed E-state index contributed by atoms with van der Waals surface area (Å²) in [6.07, 6.45) is 1.07. The number of rotatable bonds is 9. The van der Waals surface area contributed by atoms with Gasteiger partial charge in [-0.3, -0.25) is 13.9 Å². The Balaban J connectivity index is 2.42. The van der Waals surface area contributed by atoms with Crippen LogP contribution in [-0.4, -0.2) is 50.0 Å². The number of amides is 2. The number of hydrogen-bond acceptors (Lipinski definition) is 4. The predicted molar refractivity (Wildman–Crippen MR) is 136 cm³/mol. The van der Waals surface area contributed by atoms with Gasteiger partial charge in [-0.05, 0) is 75.6 Å². The quantitative estimate of drug-likeness (QED) is 0.527. The molecular formula is C24H32BrN3O4S. The van der Waals surface area contributed by atoms with Crippen molar-refractivity contribution in [1.29, 1.82) is 0 Å². The first kappa shape index (κ1) is 26.9. The number of anilines is 1. The van der Waals surface area contributed by atoms with Crippen LogP contribution in [-0.2, 0) is 26.2 Å². The minimum atomic E-state index is -3.75. The van der Waals surface area contributed by atoms with Gasteiger partial charge in [-0.2, -0.15) is 0 Å². The molecule has 0 fully saturated rings. The maximum absolute atomic E-state index is 13.5. The molecule has 1 atom stereocenters. The third kappa shape index (κ3) is 7.85. The van der Waals surface area contributed by atoms with E-state index in [2.05, 4.69) is 21.2 Å². The molecule has 0 saturated carbocycles. The lowest BCUT2D eigenvalue weighted by Gasteiger charge is -2.32. The van der Waals surface area contributed by atoms with E-state index in [0.29, 0.717) is 5.69 Å². The number of sulfonamides is 1. The SMILES string of the molecule is Cc1cc(C)cc(N(CC(=O)N(Cc2cccc(Br)c2)[C@@H](C)C(=O)NC(C)C)S(C)(=O)=O)c1. The molecule has 0 radical (unpaired) electrons. The van der Waals surface area contributed by atoms with E-state index in [4.69, 9.17) is 0 Å². The van der Waals surface area contributed by atoms with E-state index in [1.165, 1.54) is 4.90 Å². The van der Waals surface area contributed by atoms with Crippen molar-refractivity contribution in [1.82, 2.24) is 10.2 Å². The average molecular weight is 539 g/mol. The fourth-order valence-corrected chi connectivity index (χ4v) is 4.81. The van der Waals surface area contributed by atoms with Gasteiger partial charge in [0, 0.05) is 17.1 Å². The number of benzene rings is 2. The number of hydrogen-bond donors (Lipinski definition) is 1. The zero-order valence-electron chi connectivity index (χ0n) is 19.9. The highest BCUT2D eigenvalue weighted by molar-refractivity contribution is 9.10. The van der Waals surface area contributed by atoms with Crippen LogP contribution in [0.2, 0.25) is 0 Å². The van der Waals surface area contributed by atoms with Crippen molar-refractivity contribution in [3.63, 3.8) is 0 Å². The molecule has 0 spiro atoms. The van der Waals surface area contributed by atoms with Gasteiger partial charge in [0.1, 0.15) is 12.6 Å². The summed E-state index contributed by atoms with van der Waals surface area (Å²) < 4.78 is 27.2. The van der Waals surface area contributed by atoms with Crippen molar-refractivity contribution in [3.05, 3.63) is 63.6 Å². The second kappa shape index (κ2) is 11.2. The van der Waals surface area contributed by atoms with E-state index in [0.717, 1.165) is 31.7 Å². The van der Waals surface area contributed by atoms with Crippen LogP contribution >= 0.6 is 15.9 Å². The summed E-state index contributed by atoms with van der Waals surface area (Å²) in [5, 5.41) is 2.83. The van der Waals surface area contributed by atoms with Crippen LogP contribution in [0.1, 0.15) is 37.5 Å². The topological polar surface area (TPSA) is 86.8 Å². The molecule has 0 heterocycles. The lowest BCUT2D eigenvalue weighted by Crippen LogP contribution is -2.52. The Morgan fingerprint density at radius 2 is 1.64 bits per heavy atom. The Morgan fingerprint density at radius 1 is 1.03 bits per heavy atom. The first-order valence-electron chi connectivity index (χ1n) is 10.7. The van der Waals surface area contributed by atoms with E-state index < -0.39 is 28.5 Å². The standard InChI is InChI=1S/C24H32BrN3O4S/c1-16(2)26-24(30)19(5)27(14-20-8-7-9-21(25)13-20)23(29)15-28(33(6,31)32)22-11-17(3)10-18(4)12-22/h7-13,16,19H,14-15H2,1-6H3,(H,26,30)/t19-/m0/s1. The van der Waals surface area contributed by atoms with Crippen LogP contribution in [0.15, 0.2) is 46.9 Å². The number of nitrogens with one attached hydrogen (secondary N) is 1. The minimum absolute atomic E-state index is 0.0921. The van der Waals surface area contributed by atoms with Gasteiger partial charge in [0.25, 0.3) is 0 Å². The Morgan fingerprint density at radius 3 is 2.15 bits per heavy atom. The smallest absolute Gasteiger partial charge is 0.244 e. The summed E-state index contributed by atoms with van der Waals surface area (Å²) in [5.74, 6) is -0.767. The second-order valence-electron chi connectivity index (χ2n) is 8.61. The lowest BCUT2D eigenvalue weighted by molar-refractivity contribution is -0.139. The van der Waals surface area contributed by atoms with Crippen molar-refractivity contribution in [2.45, 2.75) is 53.2 Å². The Hall–Kier alpha value is -2.39. The normalized spacial score (nSPS) is 12.4. The van der Waals surface area contributed by atoms with Gasteiger partial charge < -0.3 is 10.2 Å². The van der Waals surface area contributed by atoms with Gasteiger partial charge in [-0.15, -0.1) is 0 Å². The molecule has 2 aromatic rings. The van der Waals surface area contributed by atoms with Crippen molar-refractivity contribution in [2.75, 3.05) is 17.1 Å². The molecule has 9 heteroatoms. The highest BCUT2D eigenvalue weighted by Crippen LogP contribution is 2.22. The van der Waals surface area contributed by atoms with Crippen LogP contribution < -0.4 is 9.62 Å². The summed E-state index contributed by atoms with van der Waals surface area (Å²) in [5.41, 5.74) is 3.02. The van der Waals surface area contributed by atoms with Crippen LogP contribution in [0, 0.1) is 13.8 Å². The van der Waals surface area contributed by atoms with E-state index in [-0.39, 0.29) is 18.5 Å². The molecule has 33 heavy (non-hydrogen) atoms. The molecule has 1 N–H and O–H groups in total. The second-order valence-corrected chi connectivity index (χ2v) is 11.4. The van der Waals surface area contributed by atoms with Gasteiger partial charge in [0.15, 0.2) is 0 Å². The molecule has 2 aromatic carbocycles. The molecule has 180 valence electrons. The van der Waals surface area contributed by atoms with Crippen molar-refractivity contribution in [3.8, 4) is 0 Å². The Labute approximate surface area is 205 Å². The summed E-state index contributed by atoms with van der Waals surface area (Å²) in [6, 6.07) is 12.0. The highest BCUT2D eigenvalue weighted by Gasteiger charge is 2.30. The number of nitrogens with zero attached hydrogens (tertiary/aromatic N) is 2. The molecule has 0 aromatic heterocycles. The van der Waals surface area contributed by atoms with Gasteiger partial charge in [-0.25, -0.2) is 8.42 Å². The molecular weight excluding hydrogens is 506 g/mol. The van der Waals surface area contributed by atoms with Crippen LogP contribution in [0.3, 0.4) is 0 Å². The van der Waals surface area contributed by atoms with Crippen molar-refractivity contribution >= 4 is 43.5 Å². The molecule has 0 aliphatic carbocycles. The Kier molecular flexibility index (Phi) is 9.08. The highest BCUT2D eigenvalue weighted by atomic mass is 79.9. The first-order valence-corrected chi connectivity index (χ1v) is 13.3. The lowest BCUT2D eigenvalue weighted by atomic mass is 10.1. The number of carbonyl (C=O) groups excluding carboxylic acids is 2. The molecule has 0 bridgehead atoms. The maximum atomic E-state index is 13.5. The summed E-state index contributed by atoms with van der Waals surface area (Å²) in [4.78, 5) is 27.7. The zero-order valence-corrected chi connectivity index (χ0v) is 22.3. The molecule has 0 aliphatic rings. The monoisotopic (exact) mass is 537 g/mol. The van der Waals surface area contributed by atoms with Gasteiger partial charge in [-0.1, -0.05) is 34.1 Å². The van der Waals surface area contributed by atoms with E-state index in [1.807, 2.05) is 58.0 Å². The fraction of sp³-hybridized carbons (Fsp3) is 0.417. The maximum Gasteiger partial charge on any atom is 0.244 e. The predicted octanol–water partition coefficient (Wildman–Crippen LogP) is 3.77. The Bertz CT molecular complexity index is 1100. The van der Waals surface area contributed by atoms with Crippen LogP contribution in [0.4, 0.5) is 5.69 Å². The summed E-state index contributed by atoms with van der Waals surface area (Å²) in [7, 11) is -3.75. The zero-order chi connectivity index (χ0) is 24.9. The number of carbonyl (C=O) groups is 2. The van der Waals surface area contributed by atoms with Crippen LogP contribution in [0.5, 0.6) is 0 Å². The molecule has 2 amide bonds. The number of aryl methyl sites for hydroxylation is 2. The largest absolute Gasteiger partial charge is 0.352 e. The van der Waals surface area contributed by atoms with Crippen molar-refractivity contribution < 1.29 is 18.0 Å². The van der Waals surface area contributed by atoms with Gasteiger partial charge in [0.2, 0.25) is 21.8 Å². The third-order valence-corrected chi connectivity index (χ3v) is 6.65. The fourth-order valence-electron chi connectivity index (χ4n) is 3.53. The first-order chi connectivity index (χ1) is 15.3.